The van der Waals surface area contributed by atoms with Crippen LogP contribution in [-0.4, -0.2) is 51.4 Å². The van der Waals surface area contributed by atoms with E-state index in [9.17, 15) is 9.59 Å². The Bertz CT molecular complexity index is 1460. The Morgan fingerprint density at radius 2 is 1.77 bits per heavy atom. The van der Waals surface area contributed by atoms with E-state index in [4.69, 9.17) is 16.3 Å². The first kappa shape index (κ1) is 27.6. The predicted octanol–water partition coefficient (Wildman–Crippen LogP) is 5.73. The zero-order valence-corrected chi connectivity index (χ0v) is 23.8. The lowest BCUT2D eigenvalue weighted by atomic mass is 9.93. The number of ether oxygens (including phenoxy) is 1. The molecule has 40 heavy (non-hydrogen) atoms. The fourth-order valence-electron chi connectivity index (χ4n) is 4.55. The van der Waals surface area contributed by atoms with Gasteiger partial charge in [0.05, 0.1) is 10.6 Å². The molecule has 0 aliphatic carbocycles. The van der Waals surface area contributed by atoms with Gasteiger partial charge in [0.15, 0.2) is 11.6 Å². The van der Waals surface area contributed by atoms with E-state index < -0.39 is 12.0 Å². The Balaban J connectivity index is 1.20. The van der Waals surface area contributed by atoms with Gasteiger partial charge in [-0.1, -0.05) is 29.8 Å². The minimum atomic E-state index is -0.635. The summed E-state index contributed by atoms with van der Waals surface area (Å²) >= 11 is 9.64. The molecule has 2 N–H and O–H groups in total. The molecule has 0 spiro atoms. The molecule has 1 aromatic carbocycles. The first-order valence-electron chi connectivity index (χ1n) is 12.9. The fraction of sp³-hybridized carbons (Fsp3) is 0.250. The van der Waals surface area contributed by atoms with E-state index in [1.807, 2.05) is 24.5 Å². The minimum absolute atomic E-state index is 0.0109. The Kier molecular flexibility index (Phi) is 8.92. The van der Waals surface area contributed by atoms with Crippen molar-refractivity contribution in [3.8, 4) is 11.7 Å². The normalized spacial score (nSPS) is 13.6. The Morgan fingerprint density at radius 3 is 2.50 bits per heavy atom. The maximum Gasteiger partial charge on any atom is 0.414 e. The Labute approximate surface area is 244 Å². The molecular weight excluding hydrogens is 598 g/mol. The summed E-state index contributed by atoms with van der Waals surface area (Å²) < 4.78 is 7.19. The lowest BCUT2D eigenvalue weighted by Crippen LogP contribution is -2.35. The molecule has 0 unspecified atom stereocenters. The smallest absolute Gasteiger partial charge is 0.388 e. The van der Waals surface area contributed by atoms with Crippen LogP contribution in [0.1, 0.15) is 29.6 Å². The molecule has 0 saturated carbocycles. The molecule has 2 amide bonds. The summed E-state index contributed by atoms with van der Waals surface area (Å²) in [5.41, 5.74) is 1.48. The molecule has 0 bridgehead atoms. The largest absolute Gasteiger partial charge is 0.414 e. The average molecular weight is 625 g/mol. The Hall–Kier alpha value is -3.96. The zero-order valence-electron chi connectivity index (χ0n) is 21.5. The molecular formula is C28H27BrClN7O3. The van der Waals surface area contributed by atoms with Gasteiger partial charge in [-0.3, -0.25) is 9.78 Å². The van der Waals surface area contributed by atoms with Crippen LogP contribution in [0.5, 0.6) is 5.88 Å². The van der Waals surface area contributed by atoms with Gasteiger partial charge in [-0.25, -0.2) is 9.78 Å². The van der Waals surface area contributed by atoms with Crippen LogP contribution in [0.2, 0.25) is 5.02 Å². The van der Waals surface area contributed by atoms with E-state index in [1.165, 1.54) is 10.4 Å². The number of amides is 2. The van der Waals surface area contributed by atoms with Crippen molar-refractivity contribution in [3.05, 3.63) is 88.2 Å². The van der Waals surface area contributed by atoms with Crippen molar-refractivity contribution in [1.82, 2.24) is 25.1 Å². The van der Waals surface area contributed by atoms with Crippen LogP contribution in [0.25, 0.3) is 5.82 Å². The topological polar surface area (TPSA) is 114 Å². The highest BCUT2D eigenvalue weighted by Crippen LogP contribution is 2.35. The van der Waals surface area contributed by atoms with E-state index in [0.29, 0.717) is 23.3 Å². The number of pyridine rings is 2. The Morgan fingerprint density at radius 1 is 1.02 bits per heavy atom. The highest BCUT2D eigenvalue weighted by Gasteiger charge is 2.24. The second-order valence-electron chi connectivity index (χ2n) is 9.24. The summed E-state index contributed by atoms with van der Waals surface area (Å²) in [6, 6.07) is 16.0. The highest BCUT2D eigenvalue weighted by molar-refractivity contribution is 9.10. The van der Waals surface area contributed by atoms with Gasteiger partial charge >= 0.3 is 6.09 Å². The second-order valence-corrected chi connectivity index (χ2v) is 10.4. The lowest BCUT2D eigenvalue weighted by Gasteiger charge is -2.33. The van der Waals surface area contributed by atoms with Gasteiger partial charge in [0.1, 0.15) is 4.47 Å². The quantitative estimate of drug-likeness (QED) is 0.258. The van der Waals surface area contributed by atoms with Gasteiger partial charge in [0.25, 0.3) is 11.8 Å². The number of piperidine rings is 1. The van der Waals surface area contributed by atoms with E-state index >= 15 is 0 Å². The number of carbonyl (C=O) groups excluding carboxylic acids is 2. The molecule has 0 radical (unpaired) electrons. The SMILES string of the molecule is O=C(NCCC1CCN(c2ccncc2)CC1)Oc1nn(-c2ccccn2)c(NC(=O)c2ccccc2Cl)c1Br. The van der Waals surface area contributed by atoms with Crippen molar-refractivity contribution in [1.29, 1.82) is 0 Å². The number of benzene rings is 1. The van der Waals surface area contributed by atoms with Gasteiger partial charge < -0.3 is 20.3 Å². The number of nitrogens with one attached hydrogen (secondary N) is 2. The maximum absolute atomic E-state index is 13.0. The van der Waals surface area contributed by atoms with Gasteiger partial charge in [0.2, 0.25) is 0 Å². The molecule has 0 atom stereocenters. The van der Waals surface area contributed by atoms with Crippen LogP contribution >= 0.6 is 27.5 Å². The van der Waals surface area contributed by atoms with Crippen molar-refractivity contribution >= 4 is 51.0 Å². The highest BCUT2D eigenvalue weighted by atomic mass is 79.9. The standard InChI is InChI=1S/C28H27BrClN7O3/c29-24-25(34-26(38)21-5-1-2-6-22(21)30)37(23-7-3-4-13-32-23)35-27(24)40-28(39)33-16-8-19-11-17-36(18-12-19)20-9-14-31-15-10-20/h1-7,9-10,13-15,19H,8,11-12,16-18H2,(H,33,39)(H,34,38). The monoisotopic (exact) mass is 623 g/mol. The molecule has 206 valence electrons. The summed E-state index contributed by atoms with van der Waals surface area (Å²) in [5.74, 6) is 0.719. The molecule has 4 heterocycles. The van der Waals surface area contributed by atoms with Crippen molar-refractivity contribution < 1.29 is 14.3 Å². The molecule has 10 nitrogen and oxygen atoms in total. The third-order valence-electron chi connectivity index (χ3n) is 6.67. The number of hydrogen-bond acceptors (Lipinski definition) is 7. The molecule has 5 rings (SSSR count). The van der Waals surface area contributed by atoms with Crippen LogP contribution in [0.15, 0.2) is 77.7 Å². The van der Waals surface area contributed by atoms with Crippen LogP contribution in [-0.2, 0) is 0 Å². The maximum atomic E-state index is 13.0. The second kappa shape index (κ2) is 12.9. The predicted molar refractivity (Wildman–Crippen MR) is 156 cm³/mol. The summed E-state index contributed by atoms with van der Waals surface area (Å²) in [6.45, 7) is 2.42. The first-order valence-corrected chi connectivity index (χ1v) is 14.0. The van der Waals surface area contributed by atoms with Gasteiger partial charge in [-0.2, -0.15) is 4.68 Å². The van der Waals surface area contributed by atoms with Crippen LogP contribution in [0.4, 0.5) is 16.3 Å². The molecule has 12 heteroatoms. The number of anilines is 2. The van der Waals surface area contributed by atoms with Gasteiger partial charge in [0, 0.05) is 43.9 Å². The van der Waals surface area contributed by atoms with Gasteiger partial charge in [-0.05, 0) is 77.5 Å². The van der Waals surface area contributed by atoms with E-state index in [2.05, 4.69) is 46.5 Å². The molecule has 4 aromatic rings. The van der Waals surface area contributed by atoms with E-state index in [1.54, 1.807) is 48.7 Å². The first-order chi connectivity index (χ1) is 19.5. The number of halogens is 2. The van der Waals surface area contributed by atoms with E-state index in [-0.39, 0.29) is 21.7 Å². The molecule has 1 fully saturated rings. The number of nitrogens with zero attached hydrogens (tertiary/aromatic N) is 5. The third kappa shape index (κ3) is 6.60. The van der Waals surface area contributed by atoms with Gasteiger partial charge in [-0.15, -0.1) is 5.10 Å². The van der Waals surface area contributed by atoms with Crippen molar-refractivity contribution in [2.75, 3.05) is 29.9 Å². The average Bonchev–Trinajstić information content (AvgIpc) is 3.28. The van der Waals surface area contributed by atoms with Crippen LogP contribution in [0, 0.1) is 5.92 Å². The summed E-state index contributed by atoms with van der Waals surface area (Å²) in [6.07, 6.45) is 7.53. The summed E-state index contributed by atoms with van der Waals surface area (Å²) in [4.78, 5) is 36.4. The third-order valence-corrected chi connectivity index (χ3v) is 7.71. The molecule has 3 aromatic heterocycles. The number of carbonyl (C=O) groups is 2. The zero-order chi connectivity index (χ0) is 27.9. The fourth-order valence-corrected chi connectivity index (χ4v) is 5.20. The summed E-state index contributed by atoms with van der Waals surface area (Å²) in [5, 5.41) is 10.3. The van der Waals surface area contributed by atoms with Crippen molar-refractivity contribution in [2.45, 2.75) is 19.3 Å². The number of hydrogen-bond donors (Lipinski definition) is 2. The molecule has 1 aliphatic rings. The molecule has 1 aliphatic heterocycles. The van der Waals surface area contributed by atoms with Crippen molar-refractivity contribution in [2.24, 2.45) is 5.92 Å². The van der Waals surface area contributed by atoms with Crippen LogP contribution < -0.4 is 20.3 Å². The van der Waals surface area contributed by atoms with Crippen molar-refractivity contribution in [3.63, 3.8) is 0 Å². The summed E-state index contributed by atoms with van der Waals surface area (Å²) in [7, 11) is 0. The lowest BCUT2D eigenvalue weighted by molar-refractivity contribution is 0.102. The molecule has 1 saturated heterocycles. The number of aromatic nitrogens is 4. The van der Waals surface area contributed by atoms with E-state index in [0.717, 1.165) is 32.4 Å². The van der Waals surface area contributed by atoms with Crippen LogP contribution in [0.3, 0.4) is 0 Å². The number of rotatable bonds is 8. The minimum Gasteiger partial charge on any atom is -0.388 e.